The minimum absolute atomic E-state index is 0.250. The molecule has 0 fully saturated rings. The summed E-state index contributed by atoms with van der Waals surface area (Å²) in [4.78, 5) is 11.4. The van der Waals surface area contributed by atoms with E-state index in [2.05, 4.69) is 5.32 Å². The van der Waals surface area contributed by atoms with E-state index >= 15 is 0 Å². The topological polar surface area (TPSA) is 67.8 Å². The van der Waals surface area contributed by atoms with Crippen LogP contribution in [0.4, 0.5) is 0 Å². The molecule has 1 aliphatic heterocycles. The maximum absolute atomic E-state index is 11.0. The molecule has 0 unspecified atom stereocenters. The lowest BCUT2D eigenvalue weighted by Gasteiger charge is -2.07. The van der Waals surface area contributed by atoms with Crippen LogP contribution in [0.2, 0.25) is 0 Å². The van der Waals surface area contributed by atoms with Crippen LogP contribution in [-0.4, -0.2) is 17.9 Å². The fourth-order valence-corrected chi connectivity index (χ4v) is 2.89. The van der Waals surface area contributed by atoms with Gasteiger partial charge in [0.2, 0.25) is 6.79 Å². The summed E-state index contributed by atoms with van der Waals surface area (Å²) in [5.74, 6) is 0.643. The number of hydrogen-bond donors (Lipinski definition) is 2. The number of fused-ring (bicyclic) bond motifs is 1. The highest BCUT2D eigenvalue weighted by atomic mass is 32.1. The van der Waals surface area contributed by atoms with Crippen LogP contribution in [0.25, 0.3) is 0 Å². The summed E-state index contributed by atoms with van der Waals surface area (Å²) in [5, 5.41) is 14.1. The van der Waals surface area contributed by atoms with E-state index in [9.17, 15) is 4.79 Å². The zero-order chi connectivity index (χ0) is 13.9. The molecule has 2 N–H and O–H groups in total. The Balaban J connectivity index is 1.65. The second-order valence-electron chi connectivity index (χ2n) is 4.33. The summed E-state index contributed by atoms with van der Waals surface area (Å²) in [6.45, 7) is 1.36. The van der Waals surface area contributed by atoms with Gasteiger partial charge in [0, 0.05) is 18.7 Å². The number of hydrogen-bond acceptors (Lipinski definition) is 5. The molecule has 0 atom stereocenters. The molecule has 0 aliphatic carbocycles. The van der Waals surface area contributed by atoms with Crippen molar-refractivity contribution in [2.45, 2.75) is 13.1 Å². The molecule has 0 spiro atoms. The Morgan fingerprint density at radius 3 is 2.95 bits per heavy atom. The third-order valence-electron chi connectivity index (χ3n) is 3.05. The molecule has 5 nitrogen and oxygen atoms in total. The van der Waals surface area contributed by atoms with Gasteiger partial charge in [0.1, 0.15) is 4.88 Å². The first kappa shape index (κ1) is 13.0. The molecular formula is C14H13NO4S. The standard InChI is InChI=1S/C14H13NO4S/c16-14(17)13-10(4-5-20-13)7-15-6-9-2-1-3-11-12(9)19-8-18-11/h1-5,15H,6-8H2,(H,16,17). The van der Waals surface area contributed by atoms with Crippen LogP contribution in [0.3, 0.4) is 0 Å². The molecule has 0 saturated carbocycles. The van der Waals surface area contributed by atoms with Crippen LogP contribution in [0.1, 0.15) is 20.8 Å². The number of carboxylic acids is 1. The molecule has 0 amide bonds. The number of thiophene rings is 1. The second-order valence-corrected chi connectivity index (χ2v) is 5.25. The monoisotopic (exact) mass is 291 g/mol. The van der Waals surface area contributed by atoms with E-state index in [1.807, 2.05) is 24.3 Å². The van der Waals surface area contributed by atoms with Gasteiger partial charge < -0.3 is 19.9 Å². The second kappa shape index (κ2) is 5.52. The van der Waals surface area contributed by atoms with Crippen LogP contribution in [0, 0.1) is 0 Å². The zero-order valence-electron chi connectivity index (χ0n) is 10.6. The molecule has 6 heteroatoms. The zero-order valence-corrected chi connectivity index (χ0v) is 11.4. The SMILES string of the molecule is O=C(O)c1sccc1CNCc1cccc2c1OCO2. The van der Waals surface area contributed by atoms with Gasteiger partial charge in [0.15, 0.2) is 11.5 Å². The normalized spacial score (nSPS) is 12.6. The highest BCUT2D eigenvalue weighted by Gasteiger charge is 2.17. The van der Waals surface area contributed by atoms with E-state index in [-0.39, 0.29) is 6.79 Å². The number of carbonyl (C=O) groups is 1. The summed E-state index contributed by atoms with van der Waals surface area (Å²) >= 11 is 1.24. The molecule has 1 aromatic carbocycles. The molecule has 1 aromatic heterocycles. The Bertz CT molecular complexity index is 638. The first-order valence-corrected chi connectivity index (χ1v) is 7.01. The Hall–Kier alpha value is -2.05. The maximum Gasteiger partial charge on any atom is 0.346 e. The van der Waals surface area contributed by atoms with Gasteiger partial charge in [-0.05, 0) is 23.1 Å². The number of para-hydroxylation sites is 1. The van der Waals surface area contributed by atoms with Gasteiger partial charge in [-0.25, -0.2) is 4.79 Å². The lowest BCUT2D eigenvalue weighted by Crippen LogP contribution is -2.14. The Labute approximate surface area is 119 Å². The van der Waals surface area contributed by atoms with Gasteiger partial charge >= 0.3 is 5.97 Å². The van der Waals surface area contributed by atoms with E-state index in [4.69, 9.17) is 14.6 Å². The molecule has 0 saturated heterocycles. The molecule has 2 heterocycles. The molecule has 2 aromatic rings. The third-order valence-corrected chi connectivity index (χ3v) is 3.99. The van der Waals surface area contributed by atoms with Crippen molar-refractivity contribution >= 4 is 17.3 Å². The van der Waals surface area contributed by atoms with Crippen molar-refractivity contribution in [1.29, 1.82) is 0 Å². The number of benzene rings is 1. The molecular weight excluding hydrogens is 278 g/mol. The van der Waals surface area contributed by atoms with E-state index in [0.717, 1.165) is 22.6 Å². The number of carboxylic acid groups (broad SMARTS) is 1. The first-order valence-electron chi connectivity index (χ1n) is 6.13. The summed E-state index contributed by atoms with van der Waals surface area (Å²) in [5.41, 5.74) is 1.80. The molecule has 20 heavy (non-hydrogen) atoms. The Kier molecular flexibility index (Phi) is 3.58. The van der Waals surface area contributed by atoms with Crippen molar-refractivity contribution in [3.63, 3.8) is 0 Å². The van der Waals surface area contributed by atoms with Gasteiger partial charge in [0.05, 0.1) is 0 Å². The number of nitrogens with one attached hydrogen (secondary N) is 1. The van der Waals surface area contributed by atoms with Crippen molar-refractivity contribution in [3.05, 3.63) is 45.6 Å². The third kappa shape index (κ3) is 2.48. The van der Waals surface area contributed by atoms with Crippen molar-refractivity contribution < 1.29 is 19.4 Å². The van der Waals surface area contributed by atoms with Crippen LogP contribution < -0.4 is 14.8 Å². The van der Waals surface area contributed by atoms with Gasteiger partial charge in [0.25, 0.3) is 0 Å². The number of aromatic carboxylic acids is 1. The van der Waals surface area contributed by atoms with Crippen LogP contribution in [-0.2, 0) is 13.1 Å². The highest BCUT2D eigenvalue weighted by molar-refractivity contribution is 7.12. The first-order chi connectivity index (χ1) is 9.75. The number of ether oxygens (including phenoxy) is 2. The quantitative estimate of drug-likeness (QED) is 0.885. The van der Waals surface area contributed by atoms with Crippen molar-refractivity contribution in [2.75, 3.05) is 6.79 Å². The fourth-order valence-electron chi connectivity index (χ4n) is 2.12. The summed E-state index contributed by atoms with van der Waals surface area (Å²) < 4.78 is 10.7. The lowest BCUT2D eigenvalue weighted by atomic mass is 10.2. The fraction of sp³-hybridized carbons (Fsp3) is 0.214. The van der Waals surface area contributed by atoms with E-state index in [1.165, 1.54) is 11.3 Å². The minimum Gasteiger partial charge on any atom is -0.477 e. The molecule has 104 valence electrons. The van der Waals surface area contributed by atoms with E-state index < -0.39 is 5.97 Å². The number of rotatable bonds is 5. The largest absolute Gasteiger partial charge is 0.477 e. The molecule has 0 radical (unpaired) electrons. The Morgan fingerprint density at radius 1 is 1.25 bits per heavy atom. The molecule has 3 rings (SSSR count). The average Bonchev–Trinajstić information content (AvgIpc) is 3.07. The smallest absolute Gasteiger partial charge is 0.346 e. The predicted molar refractivity (Wildman–Crippen MR) is 74.4 cm³/mol. The van der Waals surface area contributed by atoms with E-state index in [1.54, 1.807) is 5.38 Å². The average molecular weight is 291 g/mol. The Morgan fingerprint density at radius 2 is 2.10 bits per heavy atom. The van der Waals surface area contributed by atoms with Gasteiger partial charge in [-0.3, -0.25) is 0 Å². The molecule has 1 aliphatic rings. The summed E-state index contributed by atoms with van der Waals surface area (Å²) in [7, 11) is 0. The predicted octanol–water partition coefficient (Wildman–Crippen LogP) is 2.46. The van der Waals surface area contributed by atoms with Crippen LogP contribution in [0.5, 0.6) is 11.5 Å². The van der Waals surface area contributed by atoms with Gasteiger partial charge in [-0.2, -0.15) is 0 Å². The van der Waals surface area contributed by atoms with Gasteiger partial charge in [-0.1, -0.05) is 12.1 Å². The minimum atomic E-state index is -0.880. The van der Waals surface area contributed by atoms with E-state index in [0.29, 0.717) is 18.0 Å². The van der Waals surface area contributed by atoms with Crippen molar-refractivity contribution in [1.82, 2.24) is 5.32 Å². The van der Waals surface area contributed by atoms with Crippen molar-refractivity contribution in [2.24, 2.45) is 0 Å². The summed E-state index contributed by atoms with van der Waals surface area (Å²) in [6, 6.07) is 7.58. The lowest BCUT2D eigenvalue weighted by molar-refractivity contribution is 0.0701. The van der Waals surface area contributed by atoms with Gasteiger partial charge in [-0.15, -0.1) is 11.3 Å². The highest BCUT2D eigenvalue weighted by Crippen LogP contribution is 2.35. The van der Waals surface area contributed by atoms with Crippen LogP contribution in [0.15, 0.2) is 29.6 Å². The summed E-state index contributed by atoms with van der Waals surface area (Å²) in [6.07, 6.45) is 0. The van der Waals surface area contributed by atoms with Crippen LogP contribution >= 0.6 is 11.3 Å². The maximum atomic E-state index is 11.0. The van der Waals surface area contributed by atoms with Crippen molar-refractivity contribution in [3.8, 4) is 11.5 Å². The molecule has 0 bridgehead atoms.